The van der Waals surface area contributed by atoms with Gasteiger partial charge >= 0.3 is 6.09 Å². The first-order chi connectivity index (χ1) is 16.0. The maximum atomic E-state index is 13.1. The second-order valence-electron chi connectivity index (χ2n) is 6.78. The molecule has 3 aromatic rings. The highest BCUT2D eigenvalue weighted by atomic mass is 79.9. The van der Waals surface area contributed by atoms with Gasteiger partial charge in [-0.3, -0.25) is 14.1 Å². The molecule has 1 aromatic heterocycles. The molecule has 0 aliphatic rings. The number of alkyl carbamates (subject to hydrolysis) is 1. The molecule has 176 valence electrons. The van der Waals surface area contributed by atoms with Gasteiger partial charge in [0.1, 0.15) is 11.6 Å². The molecule has 2 aromatic carbocycles. The molecule has 0 saturated carbocycles. The summed E-state index contributed by atoms with van der Waals surface area (Å²) >= 11 is 5.87. The van der Waals surface area contributed by atoms with E-state index in [0.29, 0.717) is 17.3 Å². The highest BCUT2D eigenvalue weighted by Crippen LogP contribution is 2.31. The number of ether oxygens (including phenoxy) is 1. The van der Waals surface area contributed by atoms with Gasteiger partial charge in [0.2, 0.25) is 5.91 Å². The van der Waals surface area contributed by atoms with Gasteiger partial charge in [0.05, 0.1) is 10.2 Å². The van der Waals surface area contributed by atoms with E-state index in [1.807, 2.05) is 48.5 Å². The van der Waals surface area contributed by atoms with E-state index in [0.717, 1.165) is 32.2 Å². The average molecular weight is 572 g/mol. The molecule has 0 radical (unpaired) electrons. The van der Waals surface area contributed by atoms with Gasteiger partial charge in [-0.2, -0.15) is 0 Å². The Bertz CT molecular complexity index is 1110. The van der Waals surface area contributed by atoms with Crippen LogP contribution in [0, 0.1) is 0 Å². The zero-order valence-corrected chi connectivity index (χ0v) is 21.5. The Morgan fingerprint density at radius 2 is 1.97 bits per heavy atom. The SMILES string of the molecule is NSCCNC(=O)C(c1nc2ccc(Br)cc2s1)S(=O)CCNC(=O)OCc1ccccc1. The van der Waals surface area contributed by atoms with Crippen LogP contribution in [0.1, 0.15) is 15.8 Å². The van der Waals surface area contributed by atoms with Crippen LogP contribution in [0.5, 0.6) is 0 Å². The Morgan fingerprint density at radius 3 is 2.73 bits per heavy atom. The molecule has 2 unspecified atom stereocenters. The van der Waals surface area contributed by atoms with Crippen LogP contribution in [0.3, 0.4) is 0 Å². The van der Waals surface area contributed by atoms with Crippen LogP contribution in [-0.4, -0.2) is 45.8 Å². The fourth-order valence-corrected chi connectivity index (χ4v) is 6.17. The first-order valence-corrected chi connectivity index (χ1v) is 14.0. The summed E-state index contributed by atoms with van der Waals surface area (Å²) in [6, 6.07) is 14.9. The van der Waals surface area contributed by atoms with Crippen molar-refractivity contribution in [2.24, 2.45) is 5.14 Å². The van der Waals surface area contributed by atoms with Crippen LogP contribution >= 0.6 is 39.2 Å². The van der Waals surface area contributed by atoms with Crippen LogP contribution in [0.25, 0.3) is 10.2 Å². The summed E-state index contributed by atoms with van der Waals surface area (Å²) in [5.74, 6) is 0.225. The highest BCUT2D eigenvalue weighted by molar-refractivity contribution is 9.10. The number of nitrogens with two attached hydrogens (primary N) is 1. The molecule has 2 atom stereocenters. The van der Waals surface area contributed by atoms with Crippen LogP contribution < -0.4 is 15.8 Å². The smallest absolute Gasteiger partial charge is 0.407 e. The molecular formula is C21H23BrN4O4S3. The number of hydrogen-bond acceptors (Lipinski definition) is 8. The van der Waals surface area contributed by atoms with Crippen molar-refractivity contribution in [2.75, 3.05) is 24.6 Å². The zero-order chi connectivity index (χ0) is 23.6. The minimum atomic E-state index is -1.62. The van der Waals surface area contributed by atoms with Crippen molar-refractivity contribution in [1.82, 2.24) is 15.6 Å². The lowest BCUT2D eigenvalue weighted by molar-refractivity contribution is -0.120. The lowest BCUT2D eigenvalue weighted by atomic mass is 10.2. The van der Waals surface area contributed by atoms with Crippen molar-refractivity contribution in [3.8, 4) is 0 Å². The molecule has 33 heavy (non-hydrogen) atoms. The van der Waals surface area contributed by atoms with Gasteiger partial charge in [-0.1, -0.05) is 58.2 Å². The molecule has 0 fully saturated rings. The fourth-order valence-electron chi connectivity index (χ4n) is 2.84. The van der Waals surface area contributed by atoms with Crippen molar-refractivity contribution in [3.63, 3.8) is 0 Å². The maximum Gasteiger partial charge on any atom is 0.407 e. The number of halogens is 1. The van der Waals surface area contributed by atoms with Gasteiger partial charge in [-0.25, -0.2) is 9.78 Å². The number of fused-ring (bicyclic) bond motifs is 1. The minimum Gasteiger partial charge on any atom is -0.445 e. The normalized spacial score (nSPS) is 12.8. The van der Waals surface area contributed by atoms with Crippen molar-refractivity contribution >= 4 is 72.2 Å². The summed E-state index contributed by atoms with van der Waals surface area (Å²) in [6.45, 7) is 0.592. The molecule has 2 amide bonds. The lowest BCUT2D eigenvalue weighted by Crippen LogP contribution is -2.36. The van der Waals surface area contributed by atoms with Gasteiger partial charge in [0, 0.05) is 39.9 Å². The van der Waals surface area contributed by atoms with E-state index >= 15 is 0 Å². The summed E-state index contributed by atoms with van der Waals surface area (Å²) in [6.07, 6.45) is -0.610. The second-order valence-corrected chi connectivity index (χ2v) is 11.1. The number of nitrogens with one attached hydrogen (secondary N) is 2. The third kappa shape index (κ3) is 7.78. The topological polar surface area (TPSA) is 123 Å². The largest absolute Gasteiger partial charge is 0.445 e. The molecular weight excluding hydrogens is 548 g/mol. The predicted octanol–water partition coefficient (Wildman–Crippen LogP) is 3.50. The molecule has 1 heterocycles. The van der Waals surface area contributed by atoms with Crippen molar-refractivity contribution in [1.29, 1.82) is 0 Å². The summed E-state index contributed by atoms with van der Waals surface area (Å²) in [4.78, 5) is 29.3. The van der Waals surface area contributed by atoms with Gasteiger partial charge in [0.15, 0.2) is 5.25 Å². The summed E-state index contributed by atoms with van der Waals surface area (Å²) < 4.78 is 20.0. The van der Waals surface area contributed by atoms with Gasteiger partial charge in [-0.15, -0.1) is 11.3 Å². The average Bonchev–Trinajstić information content (AvgIpc) is 3.21. The molecule has 0 bridgehead atoms. The maximum absolute atomic E-state index is 13.1. The summed E-state index contributed by atoms with van der Waals surface area (Å²) in [7, 11) is -1.62. The van der Waals surface area contributed by atoms with E-state index in [2.05, 4.69) is 31.5 Å². The Morgan fingerprint density at radius 1 is 1.18 bits per heavy atom. The van der Waals surface area contributed by atoms with Crippen LogP contribution in [0.2, 0.25) is 0 Å². The number of aromatic nitrogens is 1. The Labute approximate surface area is 210 Å². The molecule has 4 N–H and O–H groups in total. The molecule has 0 spiro atoms. The number of nitrogens with zero attached hydrogens (tertiary/aromatic N) is 1. The Kier molecular flexibility index (Phi) is 10.1. The fraction of sp³-hybridized carbons (Fsp3) is 0.286. The second kappa shape index (κ2) is 13.0. The summed E-state index contributed by atoms with van der Waals surface area (Å²) in [5.41, 5.74) is 1.60. The monoisotopic (exact) mass is 570 g/mol. The number of carbonyl (C=O) groups is 2. The van der Waals surface area contributed by atoms with Gasteiger partial charge in [0.25, 0.3) is 0 Å². The highest BCUT2D eigenvalue weighted by Gasteiger charge is 2.30. The molecule has 8 nitrogen and oxygen atoms in total. The Hall–Kier alpha value is -1.99. The zero-order valence-electron chi connectivity index (χ0n) is 17.5. The molecule has 3 rings (SSSR count). The lowest BCUT2D eigenvalue weighted by Gasteiger charge is -2.14. The van der Waals surface area contributed by atoms with E-state index in [9.17, 15) is 13.8 Å². The van der Waals surface area contributed by atoms with Gasteiger partial charge in [-0.05, 0) is 23.8 Å². The first-order valence-electron chi connectivity index (χ1n) is 9.95. The molecule has 0 aliphatic heterocycles. The van der Waals surface area contributed by atoms with Crippen LogP contribution in [0.15, 0.2) is 53.0 Å². The van der Waals surface area contributed by atoms with E-state index in [1.54, 1.807) is 0 Å². The van der Waals surface area contributed by atoms with E-state index in [4.69, 9.17) is 9.88 Å². The first kappa shape index (κ1) is 25.6. The van der Waals surface area contributed by atoms with Crippen molar-refractivity contribution in [2.45, 2.75) is 11.9 Å². The third-order valence-electron chi connectivity index (χ3n) is 4.40. The number of amides is 2. The van der Waals surface area contributed by atoms with Gasteiger partial charge < -0.3 is 15.4 Å². The van der Waals surface area contributed by atoms with Crippen LogP contribution in [0.4, 0.5) is 4.79 Å². The van der Waals surface area contributed by atoms with E-state index in [-0.39, 0.29) is 24.8 Å². The number of hydrogen-bond donors (Lipinski definition) is 3. The Balaban J connectivity index is 1.61. The molecule has 0 saturated heterocycles. The standard InChI is InChI=1S/C21H23BrN4O4S3/c22-15-6-7-16-17(12-15)32-20(26-16)18(19(27)24-8-10-31-23)33(29)11-9-25-21(28)30-13-14-4-2-1-3-5-14/h1-7,12,18H,8-11,13,23H2,(H,24,27)(H,25,28). The van der Waals surface area contributed by atoms with E-state index in [1.165, 1.54) is 11.3 Å². The summed E-state index contributed by atoms with van der Waals surface area (Å²) in [5, 5.41) is 10.3. The number of carbonyl (C=O) groups excluding carboxylic acids is 2. The number of benzene rings is 2. The predicted molar refractivity (Wildman–Crippen MR) is 137 cm³/mol. The van der Waals surface area contributed by atoms with Crippen molar-refractivity contribution < 1.29 is 18.5 Å². The molecule has 0 aliphatic carbocycles. The quantitative estimate of drug-likeness (QED) is 0.238. The molecule has 12 heteroatoms. The van der Waals surface area contributed by atoms with Crippen molar-refractivity contribution in [3.05, 3.63) is 63.6 Å². The number of rotatable bonds is 11. The van der Waals surface area contributed by atoms with Crippen LogP contribution in [-0.2, 0) is 26.9 Å². The van der Waals surface area contributed by atoms with E-state index < -0.39 is 22.1 Å². The third-order valence-corrected chi connectivity index (χ3v) is 8.13. The minimum absolute atomic E-state index is 0.0732. The number of thiazole rings is 1.